The molecule has 1 saturated heterocycles. The summed E-state index contributed by atoms with van der Waals surface area (Å²) in [6, 6.07) is 1.86. The molecule has 7 heteroatoms. The smallest absolute Gasteiger partial charge is 0.242 e. The van der Waals surface area contributed by atoms with Gasteiger partial charge in [-0.25, -0.2) is 13.1 Å². The molecule has 20 heavy (non-hydrogen) atoms. The molecule has 0 amide bonds. The molecule has 2 N–H and O–H groups in total. The Balaban J connectivity index is 2.29. The van der Waals surface area contributed by atoms with E-state index in [1.807, 2.05) is 0 Å². The van der Waals surface area contributed by atoms with Gasteiger partial charge in [0.2, 0.25) is 10.0 Å². The summed E-state index contributed by atoms with van der Waals surface area (Å²) in [5.41, 5.74) is 1.13. The van der Waals surface area contributed by atoms with Crippen molar-refractivity contribution in [3.05, 3.63) is 27.2 Å². The lowest BCUT2D eigenvalue weighted by molar-refractivity contribution is 0.551. The van der Waals surface area contributed by atoms with Gasteiger partial charge in [0.05, 0.1) is 5.02 Å². The summed E-state index contributed by atoms with van der Waals surface area (Å²) in [6.07, 6.45) is 2.05. The lowest BCUT2D eigenvalue weighted by Gasteiger charge is -2.16. The van der Waals surface area contributed by atoms with Crippen LogP contribution in [0, 0.1) is 13.8 Å². The number of hydrogen-bond donors (Lipinski definition) is 2. The third kappa shape index (κ3) is 3.28. The summed E-state index contributed by atoms with van der Waals surface area (Å²) in [4.78, 5) is 0.0853. The van der Waals surface area contributed by atoms with Crippen LogP contribution in [0.4, 0.5) is 0 Å². The largest absolute Gasteiger partial charge is 0.313 e. The molecule has 0 bridgehead atoms. The van der Waals surface area contributed by atoms with E-state index in [9.17, 15) is 8.42 Å². The van der Waals surface area contributed by atoms with Crippen LogP contribution in [0.1, 0.15) is 24.0 Å². The van der Waals surface area contributed by atoms with E-state index in [0.29, 0.717) is 22.7 Å². The first-order valence-corrected chi connectivity index (χ1v) is 8.75. The minimum atomic E-state index is -3.66. The fraction of sp³-hybridized carbons (Fsp3) is 0.538. The Labute approximate surface area is 129 Å². The monoisotopic (exact) mass is 336 g/mol. The van der Waals surface area contributed by atoms with Crippen LogP contribution in [-0.4, -0.2) is 27.5 Å². The van der Waals surface area contributed by atoms with E-state index in [1.165, 1.54) is 0 Å². The van der Waals surface area contributed by atoms with Crippen molar-refractivity contribution in [1.82, 2.24) is 10.0 Å². The van der Waals surface area contributed by atoms with Gasteiger partial charge < -0.3 is 5.32 Å². The predicted molar refractivity (Wildman–Crippen MR) is 82.1 cm³/mol. The molecule has 1 atom stereocenters. The first-order valence-electron chi connectivity index (χ1n) is 6.51. The third-order valence-electron chi connectivity index (χ3n) is 3.54. The Kier molecular flexibility index (Phi) is 4.97. The molecular formula is C13H18Cl2N2O2S. The van der Waals surface area contributed by atoms with Gasteiger partial charge in [0.1, 0.15) is 4.90 Å². The Morgan fingerprint density at radius 3 is 2.70 bits per heavy atom. The quantitative estimate of drug-likeness (QED) is 0.888. The Morgan fingerprint density at radius 1 is 1.40 bits per heavy atom. The van der Waals surface area contributed by atoms with E-state index >= 15 is 0 Å². The van der Waals surface area contributed by atoms with E-state index < -0.39 is 10.0 Å². The van der Waals surface area contributed by atoms with Crippen molar-refractivity contribution in [2.24, 2.45) is 0 Å². The van der Waals surface area contributed by atoms with Crippen molar-refractivity contribution in [2.75, 3.05) is 13.1 Å². The fourth-order valence-corrected chi connectivity index (χ4v) is 4.64. The number of hydrogen-bond acceptors (Lipinski definition) is 3. The zero-order chi connectivity index (χ0) is 14.9. The van der Waals surface area contributed by atoms with Crippen LogP contribution in [0.25, 0.3) is 0 Å². The van der Waals surface area contributed by atoms with Gasteiger partial charge in [-0.1, -0.05) is 23.2 Å². The van der Waals surface area contributed by atoms with Gasteiger partial charge in [-0.15, -0.1) is 0 Å². The SMILES string of the molecule is Cc1cc(Cl)c(C)c(S(=O)(=O)NCC2CCCN2)c1Cl. The van der Waals surface area contributed by atoms with Gasteiger partial charge in [0.15, 0.2) is 0 Å². The van der Waals surface area contributed by atoms with Crippen molar-refractivity contribution in [3.63, 3.8) is 0 Å². The van der Waals surface area contributed by atoms with Gasteiger partial charge in [0.25, 0.3) is 0 Å². The van der Waals surface area contributed by atoms with Gasteiger partial charge >= 0.3 is 0 Å². The number of aryl methyl sites for hydroxylation is 1. The molecule has 1 aromatic carbocycles. The molecule has 4 nitrogen and oxygen atoms in total. The van der Waals surface area contributed by atoms with Crippen LogP contribution < -0.4 is 10.0 Å². The number of rotatable bonds is 4. The van der Waals surface area contributed by atoms with Crippen LogP contribution in [-0.2, 0) is 10.0 Å². The average Bonchev–Trinajstić information content (AvgIpc) is 2.87. The van der Waals surface area contributed by atoms with E-state index in [0.717, 1.165) is 19.4 Å². The summed E-state index contributed by atoms with van der Waals surface area (Å²) in [5.74, 6) is 0. The Hall–Kier alpha value is -0.330. The maximum atomic E-state index is 12.5. The highest BCUT2D eigenvalue weighted by Crippen LogP contribution is 2.33. The van der Waals surface area contributed by atoms with Crippen LogP contribution in [0.2, 0.25) is 10.0 Å². The topological polar surface area (TPSA) is 58.2 Å². The van der Waals surface area contributed by atoms with Crippen molar-refractivity contribution in [3.8, 4) is 0 Å². The molecule has 0 radical (unpaired) electrons. The molecule has 0 spiro atoms. The first-order chi connectivity index (χ1) is 9.33. The third-order valence-corrected chi connectivity index (χ3v) is 6.12. The first kappa shape index (κ1) is 16.0. The van der Waals surface area contributed by atoms with Gasteiger partial charge in [-0.2, -0.15) is 0 Å². The summed E-state index contributed by atoms with van der Waals surface area (Å²) >= 11 is 12.2. The predicted octanol–water partition coefficient (Wildman–Crippen LogP) is 2.64. The molecular weight excluding hydrogens is 319 g/mol. The van der Waals surface area contributed by atoms with Gasteiger partial charge in [0, 0.05) is 17.6 Å². The minimum absolute atomic E-state index is 0.0853. The van der Waals surface area contributed by atoms with Gasteiger partial charge in [-0.3, -0.25) is 0 Å². The molecule has 2 rings (SSSR count). The van der Waals surface area contributed by atoms with Crippen molar-refractivity contribution >= 4 is 33.2 Å². The molecule has 1 fully saturated rings. The molecule has 0 saturated carbocycles. The van der Waals surface area contributed by atoms with Crippen molar-refractivity contribution in [1.29, 1.82) is 0 Å². The van der Waals surface area contributed by atoms with Crippen LogP contribution >= 0.6 is 23.2 Å². The standard InChI is InChI=1S/C13H18Cl2N2O2S/c1-8-6-11(14)9(2)13(12(8)15)20(18,19)17-7-10-4-3-5-16-10/h6,10,16-17H,3-5,7H2,1-2H3. The van der Waals surface area contributed by atoms with Crippen LogP contribution in [0.5, 0.6) is 0 Å². The van der Waals surface area contributed by atoms with E-state index in [2.05, 4.69) is 10.0 Å². The molecule has 0 aromatic heterocycles. The Bertz CT molecular complexity index is 585. The van der Waals surface area contributed by atoms with E-state index in [-0.39, 0.29) is 16.0 Å². The Morgan fingerprint density at radius 2 is 2.10 bits per heavy atom. The average molecular weight is 337 g/mol. The summed E-state index contributed by atoms with van der Waals surface area (Å²) in [5, 5.41) is 3.89. The minimum Gasteiger partial charge on any atom is -0.313 e. The number of halogens is 2. The second kappa shape index (κ2) is 6.20. The number of benzene rings is 1. The summed E-state index contributed by atoms with van der Waals surface area (Å²) in [6.45, 7) is 4.70. The van der Waals surface area contributed by atoms with Crippen LogP contribution in [0.3, 0.4) is 0 Å². The highest BCUT2D eigenvalue weighted by atomic mass is 35.5. The highest BCUT2D eigenvalue weighted by Gasteiger charge is 2.25. The van der Waals surface area contributed by atoms with Crippen molar-refractivity contribution in [2.45, 2.75) is 37.6 Å². The van der Waals surface area contributed by atoms with Gasteiger partial charge in [-0.05, 0) is 50.4 Å². The number of nitrogens with one attached hydrogen (secondary N) is 2. The zero-order valence-electron chi connectivity index (χ0n) is 11.5. The van der Waals surface area contributed by atoms with E-state index in [4.69, 9.17) is 23.2 Å². The van der Waals surface area contributed by atoms with E-state index in [1.54, 1.807) is 19.9 Å². The summed E-state index contributed by atoms with van der Waals surface area (Å²) in [7, 11) is -3.66. The molecule has 1 heterocycles. The van der Waals surface area contributed by atoms with Crippen LogP contribution in [0.15, 0.2) is 11.0 Å². The summed E-state index contributed by atoms with van der Waals surface area (Å²) < 4.78 is 27.5. The second-order valence-electron chi connectivity index (χ2n) is 5.09. The molecule has 0 aliphatic carbocycles. The molecule has 112 valence electrons. The molecule has 1 aliphatic rings. The second-order valence-corrected chi connectivity index (χ2v) is 7.58. The lowest BCUT2D eigenvalue weighted by atomic mass is 10.2. The maximum absolute atomic E-state index is 12.5. The zero-order valence-corrected chi connectivity index (χ0v) is 13.8. The highest BCUT2D eigenvalue weighted by molar-refractivity contribution is 7.89. The normalized spacial score (nSPS) is 19.5. The lowest BCUT2D eigenvalue weighted by Crippen LogP contribution is -2.37. The molecule has 1 unspecified atom stereocenters. The molecule has 1 aromatic rings. The fourth-order valence-electron chi connectivity index (χ4n) is 2.35. The molecule has 1 aliphatic heterocycles. The number of sulfonamides is 1. The maximum Gasteiger partial charge on any atom is 0.242 e. The van der Waals surface area contributed by atoms with Crippen molar-refractivity contribution < 1.29 is 8.42 Å².